The van der Waals surface area contributed by atoms with Gasteiger partial charge < -0.3 is 5.32 Å². The highest BCUT2D eigenvalue weighted by molar-refractivity contribution is 6.15. The van der Waals surface area contributed by atoms with E-state index >= 15 is 0 Å². The monoisotopic (exact) mass is 422 g/mol. The second kappa shape index (κ2) is 8.19. The van der Waals surface area contributed by atoms with Gasteiger partial charge >= 0.3 is 0 Å². The van der Waals surface area contributed by atoms with Gasteiger partial charge in [0.1, 0.15) is 11.9 Å². The quantitative estimate of drug-likeness (QED) is 0.534. The molecule has 5 rings (SSSR count). The van der Waals surface area contributed by atoms with Crippen LogP contribution in [0.3, 0.4) is 0 Å². The molecule has 7 heteroatoms. The lowest BCUT2D eigenvalue weighted by Gasteiger charge is -2.13. The lowest BCUT2D eigenvalue weighted by molar-refractivity contribution is -0.116. The molecule has 1 unspecified atom stereocenters. The standard InChI is InChI=1S/C25H22N6O/c1-16-12-13-19(15-26-16)27-23(32)14-21-25-30-29-17(2)31(25)22-11-7-6-10-20(22)24(28-21)18-8-4-3-5-9-18/h3-13,15,21H,14H2,1-2H3,(H,27,32). The number of para-hydroxylation sites is 1. The fourth-order valence-corrected chi connectivity index (χ4v) is 3.94. The van der Waals surface area contributed by atoms with E-state index < -0.39 is 6.04 Å². The van der Waals surface area contributed by atoms with Gasteiger partial charge in [-0.2, -0.15) is 0 Å². The topological polar surface area (TPSA) is 85.1 Å². The first kappa shape index (κ1) is 19.8. The molecule has 1 aliphatic heterocycles. The van der Waals surface area contributed by atoms with Crippen LogP contribution in [0.1, 0.15) is 40.9 Å². The third kappa shape index (κ3) is 3.69. The molecular formula is C25H22N6O. The molecule has 0 bridgehead atoms. The van der Waals surface area contributed by atoms with Crippen LogP contribution in [0.25, 0.3) is 5.69 Å². The average molecular weight is 422 g/mol. The Morgan fingerprint density at radius 2 is 1.75 bits per heavy atom. The Morgan fingerprint density at radius 1 is 0.969 bits per heavy atom. The molecule has 0 saturated carbocycles. The number of carbonyl (C=O) groups is 1. The number of hydrogen-bond acceptors (Lipinski definition) is 5. The van der Waals surface area contributed by atoms with Crippen LogP contribution in [0, 0.1) is 13.8 Å². The average Bonchev–Trinajstić information content (AvgIpc) is 3.13. The van der Waals surface area contributed by atoms with Crippen molar-refractivity contribution in [2.24, 2.45) is 4.99 Å². The number of aliphatic imine (C=N–C) groups is 1. The van der Waals surface area contributed by atoms with Crippen molar-refractivity contribution in [2.45, 2.75) is 26.3 Å². The van der Waals surface area contributed by atoms with Gasteiger partial charge in [-0.15, -0.1) is 10.2 Å². The fourth-order valence-electron chi connectivity index (χ4n) is 3.94. The number of aryl methyl sites for hydroxylation is 2. The predicted molar refractivity (Wildman–Crippen MR) is 123 cm³/mol. The maximum absolute atomic E-state index is 12.9. The number of pyridine rings is 1. The summed E-state index contributed by atoms with van der Waals surface area (Å²) in [6.45, 7) is 3.82. The molecule has 158 valence electrons. The summed E-state index contributed by atoms with van der Waals surface area (Å²) in [5.74, 6) is 1.25. The van der Waals surface area contributed by atoms with E-state index in [0.717, 1.165) is 34.0 Å². The van der Waals surface area contributed by atoms with Gasteiger partial charge in [0, 0.05) is 16.8 Å². The summed E-state index contributed by atoms with van der Waals surface area (Å²) in [5, 5.41) is 11.6. The lowest BCUT2D eigenvalue weighted by atomic mass is 10.0. The molecule has 0 aliphatic carbocycles. The second-order valence-electron chi connectivity index (χ2n) is 7.76. The summed E-state index contributed by atoms with van der Waals surface area (Å²) in [5.41, 5.74) is 5.31. The van der Waals surface area contributed by atoms with E-state index in [0.29, 0.717) is 11.5 Å². The molecular weight excluding hydrogens is 400 g/mol. The van der Waals surface area contributed by atoms with Gasteiger partial charge in [-0.25, -0.2) is 0 Å². The Balaban J connectivity index is 1.58. The van der Waals surface area contributed by atoms with Crippen LogP contribution >= 0.6 is 0 Å². The molecule has 1 N–H and O–H groups in total. The van der Waals surface area contributed by atoms with Crippen molar-refractivity contribution in [1.29, 1.82) is 0 Å². The number of nitrogens with one attached hydrogen (secondary N) is 1. The van der Waals surface area contributed by atoms with E-state index in [1.807, 2.05) is 85.1 Å². The molecule has 4 aromatic rings. The summed E-state index contributed by atoms with van der Waals surface area (Å²) in [6, 6.07) is 21.3. The summed E-state index contributed by atoms with van der Waals surface area (Å²) in [6.07, 6.45) is 1.79. The van der Waals surface area contributed by atoms with Crippen LogP contribution in [0.15, 0.2) is 77.9 Å². The highest BCUT2D eigenvalue weighted by atomic mass is 16.1. The maximum Gasteiger partial charge on any atom is 0.227 e. The van der Waals surface area contributed by atoms with E-state index in [4.69, 9.17) is 4.99 Å². The van der Waals surface area contributed by atoms with E-state index in [1.54, 1.807) is 6.20 Å². The SMILES string of the molecule is Cc1ccc(NC(=O)CC2N=C(c3ccccc3)c3ccccc3-n3c(C)nnc32)cn1. The van der Waals surface area contributed by atoms with E-state index in [-0.39, 0.29) is 12.3 Å². The zero-order chi connectivity index (χ0) is 22.1. The molecule has 0 saturated heterocycles. The Morgan fingerprint density at radius 3 is 2.53 bits per heavy atom. The van der Waals surface area contributed by atoms with Gasteiger partial charge in [0.05, 0.1) is 29.7 Å². The minimum atomic E-state index is -0.489. The number of aromatic nitrogens is 4. The fraction of sp³-hybridized carbons (Fsp3) is 0.160. The molecule has 32 heavy (non-hydrogen) atoms. The van der Waals surface area contributed by atoms with E-state index in [1.165, 1.54) is 0 Å². The number of carbonyl (C=O) groups excluding carboxylic acids is 1. The number of hydrogen-bond donors (Lipinski definition) is 1. The van der Waals surface area contributed by atoms with E-state index in [2.05, 4.69) is 20.5 Å². The number of anilines is 1. The number of fused-ring (bicyclic) bond motifs is 3. The van der Waals surface area contributed by atoms with Crippen LogP contribution in [0.5, 0.6) is 0 Å². The van der Waals surface area contributed by atoms with Crippen LogP contribution in [-0.2, 0) is 4.79 Å². The Labute approximate surface area is 185 Å². The molecule has 0 spiro atoms. The number of benzene rings is 2. The minimum absolute atomic E-state index is 0.135. The first-order valence-electron chi connectivity index (χ1n) is 10.5. The normalized spacial score (nSPS) is 14.7. The zero-order valence-corrected chi connectivity index (χ0v) is 17.9. The third-order valence-electron chi connectivity index (χ3n) is 5.45. The van der Waals surface area contributed by atoms with Crippen molar-refractivity contribution in [3.05, 3.63) is 101 Å². The molecule has 1 amide bonds. The number of rotatable bonds is 4. The Bertz CT molecular complexity index is 1310. The maximum atomic E-state index is 12.9. The minimum Gasteiger partial charge on any atom is -0.325 e. The first-order valence-corrected chi connectivity index (χ1v) is 10.5. The summed E-state index contributed by atoms with van der Waals surface area (Å²) in [4.78, 5) is 22.2. The van der Waals surface area contributed by atoms with Crippen molar-refractivity contribution in [3.8, 4) is 5.69 Å². The van der Waals surface area contributed by atoms with E-state index in [9.17, 15) is 4.79 Å². The number of nitrogens with zero attached hydrogens (tertiary/aromatic N) is 5. The summed E-state index contributed by atoms with van der Waals surface area (Å²) in [7, 11) is 0. The highest BCUT2D eigenvalue weighted by Crippen LogP contribution is 2.32. The van der Waals surface area contributed by atoms with Crippen LogP contribution < -0.4 is 5.32 Å². The molecule has 2 aromatic heterocycles. The third-order valence-corrected chi connectivity index (χ3v) is 5.45. The largest absolute Gasteiger partial charge is 0.325 e. The Hall–Kier alpha value is -4.13. The van der Waals surface area contributed by atoms with Crippen molar-refractivity contribution in [2.75, 3.05) is 5.32 Å². The Kier molecular flexibility index (Phi) is 5.07. The van der Waals surface area contributed by atoms with Crippen molar-refractivity contribution >= 4 is 17.3 Å². The van der Waals surface area contributed by atoms with Gasteiger partial charge in [-0.3, -0.25) is 19.3 Å². The van der Waals surface area contributed by atoms with Crippen LogP contribution in [-0.4, -0.2) is 31.4 Å². The number of amides is 1. The van der Waals surface area contributed by atoms with Gasteiger partial charge in [-0.05, 0) is 32.0 Å². The van der Waals surface area contributed by atoms with Crippen LogP contribution in [0.2, 0.25) is 0 Å². The predicted octanol–water partition coefficient (Wildman–Crippen LogP) is 4.20. The van der Waals surface area contributed by atoms with Gasteiger partial charge in [0.15, 0.2) is 5.82 Å². The van der Waals surface area contributed by atoms with Crippen molar-refractivity contribution < 1.29 is 4.79 Å². The molecule has 1 aliphatic rings. The van der Waals surface area contributed by atoms with Gasteiger partial charge in [-0.1, -0.05) is 48.5 Å². The molecule has 7 nitrogen and oxygen atoms in total. The molecule has 0 radical (unpaired) electrons. The highest BCUT2D eigenvalue weighted by Gasteiger charge is 2.29. The van der Waals surface area contributed by atoms with Gasteiger partial charge in [0.2, 0.25) is 5.91 Å². The smallest absolute Gasteiger partial charge is 0.227 e. The van der Waals surface area contributed by atoms with Crippen molar-refractivity contribution in [1.82, 2.24) is 19.7 Å². The molecule has 3 heterocycles. The summed E-state index contributed by atoms with van der Waals surface area (Å²) < 4.78 is 2.00. The van der Waals surface area contributed by atoms with Gasteiger partial charge in [0.25, 0.3) is 0 Å². The first-order chi connectivity index (χ1) is 15.6. The molecule has 2 aromatic carbocycles. The summed E-state index contributed by atoms with van der Waals surface area (Å²) >= 11 is 0. The molecule has 0 fully saturated rings. The van der Waals surface area contributed by atoms with Crippen molar-refractivity contribution in [3.63, 3.8) is 0 Å². The second-order valence-corrected chi connectivity index (χ2v) is 7.76. The molecule has 1 atom stereocenters. The zero-order valence-electron chi connectivity index (χ0n) is 17.9. The lowest BCUT2D eigenvalue weighted by Crippen LogP contribution is -2.17. The van der Waals surface area contributed by atoms with Crippen LogP contribution in [0.4, 0.5) is 5.69 Å².